The van der Waals surface area contributed by atoms with Crippen LogP contribution in [-0.2, 0) is 14.3 Å². The Bertz CT molecular complexity index is 448. The van der Waals surface area contributed by atoms with Gasteiger partial charge in [0.15, 0.2) is 0 Å². The SMILES string of the molecule is COCC(=O)N1CC[C@@H](NC(=O)O)[C@@H](NC(=O)OC(C)(C)C)C1. The Labute approximate surface area is 135 Å². The summed E-state index contributed by atoms with van der Waals surface area (Å²) in [4.78, 5) is 36.3. The normalized spacial score (nSPS) is 21.5. The first-order chi connectivity index (χ1) is 10.6. The molecule has 1 aliphatic rings. The number of hydrogen-bond donors (Lipinski definition) is 3. The number of ether oxygens (including phenoxy) is 2. The number of rotatable bonds is 4. The molecule has 1 fully saturated rings. The fraction of sp³-hybridized carbons (Fsp3) is 0.786. The van der Waals surface area contributed by atoms with Crippen molar-refractivity contribution in [1.29, 1.82) is 0 Å². The highest BCUT2D eigenvalue weighted by molar-refractivity contribution is 5.78. The van der Waals surface area contributed by atoms with Gasteiger partial charge in [0.05, 0.1) is 12.1 Å². The van der Waals surface area contributed by atoms with Crippen molar-refractivity contribution >= 4 is 18.1 Å². The molecule has 1 heterocycles. The number of methoxy groups -OCH3 is 1. The number of likely N-dealkylation sites (tertiary alicyclic amines) is 1. The summed E-state index contributed by atoms with van der Waals surface area (Å²) < 4.78 is 10.0. The van der Waals surface area contributed by atoms with Crippen molar-refractivity contribution in [2.24, 2.45) is 0 Å². The van der Waals surface area contributed by atoms with Crippen molar-refractivity contribution in [1.82, 2.24) is 15.5 Å². The van der Waals surface area contributed by atoms with E-state index in [4.69, 9.17) is 14.6 Å². The van der Waals surface area contributed by atoms with Crippen molar-refractivity contribution in [2.75, 3.05) is 26.8 Å². The van der Waals surface area contributed by atoms with Gasteiger partial charge in [-0.2, -0.15) is 0 Å². The smallest absolute Gasteiger partial charge is 0.408 e. The number of hydrogen-bond acceptors (Lipinski definition) is 5. The van der Waals surface area contributed by atoms with E-state index in [1.165, 1.54) is 12.0 Å². The summed E-state index contributed by atoms with van der Waals surface area (Å²) in [5, 5.41) is 13.9. The summed E-state index contributed by atoms with van der Waals surface area (Å²) in [6.07, 6.45) is -1.44. The monoisotopic (exact) mass is 331 g/mol. The van der Waals surface area contributed by atoms with Gasteiger partial charge < -0.3 is 30.1 Å². The van der Waals surface area contributed by atoms with Gasteiger partial charge in [-0.1, -0.05) is 0 Å². The number of amides is 3. The third-order valence-corrected chi connectivity index (χ3v) is 3.24. The van der Waals surface area contributed by atoms with Crippen molar-refractivity contribution in [3.8, 4) is 0 Å². The molecule has 1 saturated heterocycles. The molecule has 0 aromatic rings. The maximum atomic E-state index is 11.9. The predicted molar refractivity (Wildman–Crippen MR) is 81.2 cm³/mol. The van der Waals surface area contributed by atoms with Crippen LogP contribution in [0.2, 0.25) is 0 Å². The average molecular weight is 331 g/mol. The summed E-state index contributed by atoms with van der Waals surface area (Å²) in [5.41, 5.74) is -0.667. The van der Waals surface area contributed by atoms with Gasteiger partial charge in [0.25, 0.3) is 0 Å². The van der Waals surface area contributed by atoms with E-state index in [0.29, 0.717) is 13.0 Å². The van der Waals surface area contributed by atoms with Gasteiger partial charge >= 0.3 is 12.2 Å². The van der Waals surface area contributed by atoms with Crippen LogP contribution in [0.3, 0.4) is 0 Å². The van der Waals surface area contributed by atoms with Crippen LogP contribution < -0.4 is 10.6 Å². The lowest BCUT2D eigenvalue weighted by molar-refractivity contribution is -0.136. The van der Waals surface area contributed by atoms with Crippen LogP contribution in [0.4, 0.5) is 9.59 Å². The van der Waals surface area contributed by atoms with Crippen molar-refractivity contribution in [3.63, 3.8) is 0 Å². The largest absolute Gasteiger partial charge is 0.465 e. The van der Waals surface area contributed by atoms with Crippen molar-refractivity contribution in [2.45, 2.75) is 44.9 Å². The maximum Gasteiger partial charge on any atom is 0.408 e. The van der Waals surface area contributed by atoms with Crippen molar-refractivity contribution < 1.29 is 29.0 Å². The number of carboxylic acid groups (broad SMARTS) is 1. The van der Waals surface area contributed by atoms with Gasteiger partial charge in [-0.25, -0.2) is 9.59 Å². The summed E-state index contributed by atoms with van der Waals surface area (Å²) in [6, 6.07) is -1.07. The molecule has 2 atom stereocenters. The third-order valence-electron chi connectivity index (χ3n) is 3.24. The van der Waals surface area contributed by atoms with E-state index < -0.39 is 29.9 Å². The van der Waals surface area contributed by atoms with Crippen LogP contribution in [0, 0.1) is 0 Å². The van der Waals surface area contributed by atoms with Crippen LogP contribution in [0.1, 0.15) is 27.2 Å². The minimum Gasteiger partial charge on any atom is -0.465 e. The van der Waals surface area contributed by atoms with Crippen LogP contribution in [0.5, 0.6) is 0 Å². The molecular formula is C14H25N3O6. The number of carbonyl (C=O) groups is 3. The van der Waals surface area contributed by atoms with E-state index >= 15 is 0 Å². The van der Waals surface area contributed by atoms with Crippen LogP contribution in [0.15, 0.2) is 0 Å². The Morgan fingerprint density at radius 1 is 1.22 bits per heavy atom. The molecule has 9 heteroatoms. The Kier molecular flexibility index (Phi) is 6.62. The first-order valence-corrected chi connectivity index (χ1v) is 7.38. The molecule has 0 spiro atoms. The lowest BCUT2D eigenvalue weighted by atomic mass is 9.99. The Morgan fingerprint density at radius 3 is 2.39 bits per heavy atom. The Balaban J connectivity index is 2.74. The molecule has 0 aliphatic carbocycles. The van der Waals surface area contributed by atoms with Crippen LogP contribution >= 0.6 is 0 Å². The van der Waals surface area contributed by atoms with Gasteiger partial charge in [-0.15, -0.1) is 0 Å². The minimum atomic E-state index is -1.18. The Hall–Kier alpha value is -2.03. The van der Waals surface area contributed by atoms with E-state index in [1.807, 2.05) is 0 Å². The topological polar surface area (TPSA) is 117 Å². The van der Waals surface area contributed by atoms with Crippen molar-refractivity contribution in [3.05, 3.63) is 0 Å². The fourth-order valence-corrected chi connectivity index (χ4v) is 2.33. The maximum absolute atomic E-state index is 11.9. The molecule has 0 radical (unpaired) electrons. The molecule has 132 valence electrons. The van der Waals surface area contributed by atoms with E-state index in [0.717, 1.165) is 0 Å². The summed E-state index contributed by atoms with van der Waals surface area (Å²) in [7, 11) is 1.42. The summed E-state index contributed by atoms with van der Waals surface area (Å²) in [6.45, 7) is 5.71. The van der Waals surface area contributed by atoms with Gasteiger partial charge in [-0.05, 0) is 27.2 Å². The first kappa shape index (κ1) is 19.0. The van der Waals surface area contributed by atoms with E-state index in [2.05, 4.69) is 10.6 Å². The molecule has 0 aromatic carbocycles. The number of carbonyl (C=O) groups excluding carboxylic acids is 2. The molecule has 1 rings (SSSR count). The van der Waals surface area contributed by atoms with Gasteiger partial charge in [-0.3, -0.25) is 4.79 Å². The fourth-order valence-electron chi connectivity index (χ4n) is 2.33. The molecular weight excluding hydrogens is 306 g/mol. The number of alkyl carbamates (subject to hydrolysis) is 1. The predicted octanol–water partition coefficient (Wildman–Crippen LogP) is 0.395. The second-order valence-electron chi connectivity index (χ2n) is 6.37. The van der Waals surface area contributed by atoms with Gasteiger partial charge in [0.2, 0.25) is 5.91 Å². The summed E-state index contributed by atoms with van der Waals surface area (Å²) in [5.74, 6) is -0.211. The van der Waals surface area contributed by atoms with Crippen LogP contribution in [-0.4, -0.2) is 72.6 Å². The van der Waals surface area contributed by atoms with Gasteiger partial charge in [0.1, 0.15) is 12.2 Å². The second kappa shape index (κ2) is 8.00. The average Bonchev–Trinajstić information content (AvgIpc) is 2.38. The lowest BCUT2D eigenvalue weighted by Crippen LogP contribution is -2.62. The number of nitrogens with one attached hydrogen (secondary N) is 2. The van der Waals surface area contributed by atoms with E-state index in [-0.39, 0.29) is 19.1 Å². The second-order valence-corrected chi connectivity index (χ2v) is 6.37. The molecule has 0 unspecified atom stereocenters. The third kappa shape index (κ3) is 6.72. The lowest BCUT2D eigenvalue weighted by Gasteiger charge is -2.38. The molecule has 23 heavy (non-hydrogen) atoms. The molecule has 3 amide bonds. The van der Waals surface area contributed by atoms with E-state index in [1.54, 1.807) is 20.8 Å². The molecule has 0 saturated carbocycles. The number of piperidine rings is 1. The molecule has 0 bridgehead atoms. The quantitative estimate of drug-likeness (QED) is 0.686. The highest BCUT2D eigenvalue weighted by atomic mass is 16.6. The first-order valence-electron chi connectivity index (χ1n) is 7.38. The Morgan fingerprint density at radius 2 is 1.87 bits per heavy atom. The minimum absolute atomic E-state index is 0.0593. The van der Waals surface area contributed by atoms with Crippen LogP contribution in [0.25, 0.3) is 0 Å². The zero-order chi connectivity index (χ0) is 17.6. The molecule has 3 N–H and O–H groups in total. The molecule has 1 aliphatic heterocycles. The van der Waals surface area contributed by atoms with Gasteiger partial charge in [0, 0.05) is 20.2 Å². The summed E-state index contributed by atoms with van der Waals surface area (Å²) >= 11 is 0. The molecule has 0 aromatic heterocycles. The standard InChI is InChI=1S/C14H25N3O6/c1-14(2,3)23-13(21)16-10-7-17(11(18)8-22-4)6-5-9(10)15-12(19)20/h9-10,15H,5-8H2,1-4H3,(H,16,21)(H,19,20)/t9-,10+/m1/s1. The molecule has 9 nitrogen and oxygen atoms in total. The highest BCUT2D eigenvalue weighted by Crippen LogP contribution is 2.14. The zero-order valence-corrected chi connectivity index (χ0v) is 13.9. The number of nitrogens with zero attached hydrogens (tertiary/aromatic N) is 1. The highest BCUT2D eigenvalue weighted by Gasteiger charge is 2.34. The van der Waals surface area contributed by atoms with E-state index in [9.17, 15) is 14.4 Å². The zero-order valence-electron chi connectivity index (χ0n) is 13.9.